The zero-order valence-corrected chi connectivity index (χ0v) is 30.6. The summed E-state index contributed by atoms with van der Waals surface area (Å²) in [5, 5.41) is 11.0. The third kappa shape index (κ3) is 8.36. The molecule has 1 heterocycles. The topological polar surface area (TPSA) is 133 Å². The van der Waals surface area contributed by atoms with E-state index < -0.39 is 26.7 Å². The molecule has 48 heavy (non-hydrogen) atoms. The van der Waals surface area contributed by atoms with E-state index in [1.807, 2.05) is 17.0 Å². The van der Waals surface area contributed by atoms with Crippen LogP contribution >= 0.6 is 0 Å². The molecule has 1 fully saturated rings. The Morgan fingerprint density at radius 1 is 1.02 bits per heavy atom. The maximum Gasteiger partial charge on any atom is 0.305 e. The Bertz CT molecular complexity index is 1640. The smallest absolute Gasteiger partial charge is 0.305 e. The largest absolute Gasteiger partial charge is 0.481 e. The van der Waals surface area contributed by atoms with Crippen molar-refractivity contribution >= 4 is 33.3 Å². The van der Waals surface area contributed by atoms with Gasteiger partial charge in [-0.15, -0.1) is 0 Å². The number of carboxylic acid groups (broad SMARTS) is 1. The van der Waals surface area contributed by atoms with Crippen molar-refractivity contribution in [3.63, 3.8) is 0 Å². The van der Waals surface area contributed by atoms with Gasteiger partial charge in [0.2, 0.25) is 0 Å². The first kappa shape index (κ1) is 37.3. The van der Waals surface area contributed by atoms with Crippen LogP contribution in [0.25, 0.3) is 0 Å². The molecule has 1 atom stereocenters. The van der Waals surface area contributed by atoms with Crippen molar-refractivity contribution in [3.8, 4) is 0 Å². The van der Waals surface area contributed by atoms with Gasteiger partial charge in [-0.2, -0.15) is 0 Å². The van der Waals surface area contributed by atoms with Crippen molar-refractivity contribution in [2.75, 3.05) is 6.54 Å². The number of rotatable bonds is 11. The second-order valence-electron chi connectivity index (χ2n) is 16.0. The summed E-state index contributed by atoms with van der Waals surface area (Å²) in [7, 11) is -3.56. The molecule has 0 bridgehead atoms. The van der Waals surface area contributed by atoms with Crippen LogP contribution in [0.15, 0.2) is 58.4 Å². The quantitative estimate of drug-likeness (QED) is 0.258. The Labute approximate surface area is 286 Å². The number of carbonyl (C=O) groups is 3. The van der Waals surface area contributed by atoms with E-state index in [9.17, 15) is 22.8 Å². The van der Waals surface area contributed by atoms with Gasteiger partial charge in [0.1, 0.15) is 11.4 Å². The highest BCUT2D eigenvalue weighted by atomic mass is 32.2. The highest BCUT2D eigenvalue weighted by molar-refractivity contribution is 7.92. The number of sulfone groups is 1. The molecule has 2 aliphatic rings. The highest BCUT2D eigenvalue weighted by Gasteiger charge is 2.52. The molecule has 1 saturated carbocycles. The molecule has 2 aromatic rings. The fourth-order valence-corrected chi connectivity index (χ4v) is 7.98. The second-order valence-corrected chi connectivity index (χ2v) is 18.5. The molecule has 1 spiro atoms. The molecular formula is C38H53N3O6S. The Balaban J connectivity index is 1.78. The molecule has 2 amide bonds. The summed E-state index contributed by atoms with van der Waals surface area (Å²) < 4.78 is 26.2. The van der Waals surface area contributed by atoms with Crippen LogP contribution in [0.2, 0.25) is 0 Å². The summed E-state index contributed by atoms with van der Waals surface area (Å²) in [5.74, 6) is -1.07. The predicted molar refractivity (Wildman–Crippen MR) is 189 cm³/mol. The molecule has 1 aliphatic heterocycles. The van der Waals surface area contributed by atoms with Gasteiger partial charge in [-0.25, -0.2) is 8.42 Å². The molecule has 0 aromatic heterocycles. The first-order valence-corrected chi connectivity index (χ1v) is 18.7. The lowest BCUT2D eigenvalue weighted by atomic mass is 9.69. The third-order valence-corrected chi connectivity index (χ3v) is 12.1. The maximum absolute atomic E-state index is 14.8. The van der Waals surface area contributed by atoms with Crippen LogP contribution in [-0.2, 0) is 19.4 Å². The first-order valence-electron chi connectivity index (χ1n) is 17.1. The number of hydrogen-bond acceptors (Lipinski definition) is 6. The van der Waals surface area contributed by atoms with Gasteiger partial charge in [-0.3, -0.25) is 19.4 Å². The van der Waals surface area contributed by atoms with E-state index >= 15 is 0 Å². The van der Waals surface area contributed by atoms with Crippen LogP contribution in [0.1, 0.15) is 128 Å². The number of nitrogens with zero attached hydrogens (tertiary/aromatic N) is 2. The zero-order chi connectivity index (χ0) is 35.7. The number of aliphatic imine (C=N–C) groups is 1. The van der Waals surface area contributed by atoms with Crippen molar-refractivity contribution < 1.29 is 27.9 Å². The molecule has 2 aromatic carbocycles. The predicted octanol–water partition coefficient (Wildman–Crippen LogP) is 7.20. The normalized spacial score (nSPS) is 21.0. The van der Waals surface area contributed by atoms with E-state index in [4.69, 9.17) is 10.1 Å². The lowest BCUT2D eigenvalue weighted by molar-refractivity contribution is -0.137. The Morgan fingerprint density at radius 3 is 2.19 bits per heavy atom. The number of carbonyl (C=O) groups excluding carboxylic acids is 2. The molecule has 10 heteroatoms. The molecule has 262 valence electrons. The Hall–Kier alpha value is -3.53. The van der Waals surface area contributed by atoms with Gasteiger partial charge in [-0.1, -0.05) is 65.8 Å². The van der Waals surface area contributed by atoms with Crippen LogP contribution in [-0.4, -0.2) is 59.4 Å². The minimum atomic E-state index is -3.56. The molecule has 0 saturated heterocycles. The van der Waals surface area contributed by atoms with E-state index in [0.717, 1.165) is 24.8 Å². The van der Waals surface area contributed by atoms with Crippen molar-refractivity contribution in [1.82, 2.24) is 10.2 Å². The fraction of sp³-hybridized carbons (Fsp3) is 0.579. The molecule has 0 unspecified atom stereocenters. The number of aliphatic carboxylic acids is 1. The summed E-state index contributed by atoms with van der Waals surface area (Å²) in [6, 6.07) is 13.5. The van der Waals surface area contributed by atoms with Gasteiger partial charge in [0.15, 0.2) is 9.84 Å². The summed E-state index contributed by atoms with van der Waals surface area (Å²) in [6.45, 7) is 16.6. The minimum absolute atomic E-state index is 0.00866. The van der Waals surface area contributed by atoms with Crippen LogP contribution in [0.5, 0.6) is 0 Å². The average Bonchev–Trinajstić information content (AvgIpc) is 3.27. The standard InChI is InChI=1S/C38H53N3O6S/c1-25(2)48(46,47)30-11-9-10-28(24-30)33-35(45)41(38(40-33)21-16-29(17-22-38)37(6,7)8)31(18-20-36(3,4)5)26-12-14-27(15-13-26)34(44)39-23-19-32(42)43/h9-15,24-25,29,31H,16-23H2,1-8H3,(H,39,44)(H,42,43)/t29?,31-,38?/m1/s1. The van der Waals surface area contributed by atoms with Crippen molar-refractivity contribution in [2.45, 2.75) is 122 Å². The molecule has 4 rings (SSSR count). The molecule has 1 aliphatic carbocycles. The first-order chi connectivity index (χ1) is 22.2. The Kier molecular flexibility index (Phi) is 11.0. The summed E-state index contributed by atoms with van der Waals surface area (Å²) in [5.41, 5.74) is 1.42. The van der Waals surface area contributed by atoms with E-state index in [-0.39, 0.29) is 46.5 Å². The van der Waals surface area contributed by atoms with E-state index in [1.165, 1.54) is 0 Å². The van der Waals surface area contributed by atoms with Crippen LogP contribution < -0.4 is 5.32 Å². The third-order valence-electron chi connectivity index (χ3n) is 9.92. The highest BCUT2D eigenvalue weighted by Crippen LogP contribution is 2.50. The van der Waals surface area contributed by atoms with Crippen molar-refractivity contribution in [1.29, 1.82) is 0 Å². The number of nitrogens with one attached hydrogen (secondary N) is 1. The van der Waals surface area contributed by atoms with E-state index in [2.05, 4.69) is 46.9 Å². The monoisotopic (exact) mass is 679 g/mol. The summed E-state index contributed by atoms with van der Waals surface area (Å²) in [6.07, 6.45) is 4.56. The lowest BCUT2D eigenvalue weighted by Gasteiger charge is -2.47. The number of carboxylic acids is 1. The fourth-order valence-electron chi connectivity index (χ4n) is 6.88. The molecule has 0 radical (unpaired) electrons. The number of hydrogen-bond donors (Lipinski definition) is 2. The zero-order valence-electron chi connectivity index (χ0n) is 29.8. The minimum Gasteiger partial charge on any atom is -0.481 e. The Morgan fingerprint density at radius 2 is 1.65 bits per heavy atom. The maximum atomic E-state index is 14.8. The molecule has 9 nitrogen and oxygen atoms in total. The van der Waals surface area contributed by atoms with Crippen LogP contribution in [0.4, 0.5) is 0 Å². The molecule has 2 N–H and O–H groups in total. The second kappa shape index (κ2) is 14.1. The average molecular weight is 680 g/mol. The summed E-state index contributed by atoms with van der Waals surface area (Å²) >= 11 is 0. The van der Waals surface area contributed by atoms with Gasteiger partial charge in [0, 0.05) is 17.7 Å². The van der Waals surface area contributed by atoms with Gasteiger partial charge in [0.25, 0.3) is 11.8 Å². The van der Waals surface area contributed by atoms with Crippen LogP contribution in [0.3, 0.4) is 0 Å². The van der Waals surface area contributed by atoms with Crippen molar-refractivity contribution in [2.24, 2.45) is 21.7 Å². The summed E-state index contributed by atoms with van der Waals surface area (Å²) in [4.78, 5) is 45.8. The number of amides is 2. The SMILES string of the molecule is CC(C)S(=O)(=O)c1cccc(C2=NC3(CCC(C(C)(C)C)CC3)N([C@H](CCC(C)(C)C)c3ccc(C(=O)NCCC(=O)O)cc3)C2=O)c1. The van der Waals surface area contributed by atoms with Crippen molar-refractivity contribution in [3.05, 3.63) is 65.2 Å². The van der Waals surface area contributed by atoms with Crippen LogP contribution in [0, 0.1) is 16.7 Å². The van der Waals surface area contributed by atoms with Gasteiger partial charge in [0.05, 0.1) is 22.6 Å². The number of benzene rings is 2. The van der Waals surface area contributed by atoms with E-state index in [1.54, 1.807) is 50.2 Å². The molecular weight excluding hydrogens is 627 g/mol. The lowest BCUT2D eigenvalue weighted by Crippen LogP contribution is -2.51. The van der Waals surface area contributed by atoms with Gasteiger partial charge in [-0.05, 0) is 98.9 Å². The van der Waals surface area contributed by atoms with Gasteiger partial charge >= 0.3 is 5.97 Å². The van der Waals surface area contributed by atoms with E-state index in [0.29, 0.717) is 42.0 Å². The van der Waals surface area contributed by atoms with Gasteiger partial charge < -0.3 is 15.3 Å².